The first-order chi connectivity index (χ1) is 17.2. The predicted molar refractivity (Wildman–Crippen MR) is 131 cm³/mol. The van der Waals surface area contributed by atoms with Crippen LogP contribution >= 0.6 is 11.6 Å². The fourth-order valence-electron chi connectivity index (χ4n) is 3.83. The highest BCUT2D eigenvalue weighted by molar-refractivity contribution is 6.31. The minimum absolute atomic E-state index is 0.0119. The normalized spacial score (nSPS) is 15.8. The molecule has 36 heavy (non-hydrogen) atoms. The van der Waals surface area contributed by atoms with E-state index in [4.69, 9.17) is 26.8 Å². The summed E-state index contributed by atoms with van der Waals surface area (Å²) >= 11 is 5.94. The molecule has 1 unspecified atom stereocenters. The summed E-state index contributed by atoms with van der Waals surface area (Å²) in [6.45, 7) is 5.80. The van der Waals surface area contributed by atoms with Crippen LogP contribution in [0.25, 0.3) is 11.3 Å². The lowest BCUT2D eigenvalue weighted by Gasteiger charge is -2.27. The Labute approximate surface area is 212 Å². The van der Waals surface area contributed by atoms with Crippen LogP contribution < -0.4 is 15.8 Å². The number of carbonyl (C=O) groups is 1. The first-order valence-corrected chi connectivity index (χ1v) is 11.7. The molecule has 11 heteroatoms. The van der Waals surface area contributed by atoms with Crippen molar-refractivity contribution in [3.8, 4) is 17.1 Å². The third kappa shape index (κ3) is 6.14. The van der Waals surface area contributed by atoms with Crippen molar-refractivity contribution in [2.75, 3.05) is 39.4 Å². The van der Waals surface area contributed by atoms with Crippen molar-refractivity contribution in [2.24, 2.45) is 5.73 Å². The van der Waals surface area contributed by atoms with Gasteiger partial charge in [-0.3, -0.25) is 20.4 Å². The summed E-state index contributed by atoms with van der Waals surface area (Å²) < 4.78 is 39.2. The van der Waals surface area contributed by atoms with Gasteiger partial charge in [-0.05, 0) is 31.2 Å². The zero-order chi connectivity index (χ0) is 25.7. The Balaban J connectivity index is 1.42. The van der Waals surface area contributed by atoms with Gasteiger partial charge in [0.1, 0.15) is 11.6 Å². The van der Waals surface area contributed by atoms with Crippen LogP contribution in [0.1, 0.15) is 22.8 Å². The Hall–Kier alpha value is -3.18. The number of ether oxygens (including phenoxy) is 2. The van der Waals surface area contributed by atoms with Gasteiger partial charge in [0.15, 0.2) is 5.72 Å². The molecule has 8 nitrogen and oxygen atoms in total. The number of hydrogen-bond acceptors (Lipinski definition) is 7. The molecule has 0 aliphatic carbocycles. The molecule has 0 spiro atoms. The van der Waals surface area contributed by atoms with Crippen molar-refractivity contribution in [3.05, 3.63) is 76.6 Å². The average Bonchev–Trinajstić information content (AvgIpc) is 2.87. The third-order valence-corrected chi connectivity index (χ3v) is 6.10. The van der Waals surface area contributed by atoms with Crippen LogP contribution in [0.4, 0.5) is 8.78 Å². The maximum Gasteiger partial charge on any atom is 0.251 e. The van der Waals surface area contributed by atoms with E-state index in [1.807, 2.05) is 0 Å². The van der Waals surface area contributed by atoms with Crippen LogP contribution in [-0.4, -0.2) is 60.2 Å². The molecule has 1 atom stereocenters. The Morgan fingerprint density at radius 1 is 1.17 bits per heavy atom. The summed E-state index contributed by atoms with van der Waals surface area (Å²) in [5.41, 5.74) is 5.60. The van der Waals surface area contributed by atoms with Crippen molar-refractivity contribution in [1.82, 2.24) is 20.2 Å². The van der Waals surface area contributed by atoms with Gasteiger partial charge in [-0.25, -0.2) is 13.8 Å². The fourth-order valence-corrected chi connectivity index (χ4v) is 4.17. The second kappa shape index (κ2) is 11.3. The molecule has 1 saturated heterocycles. The number of hydrogen-bond donors (Lipinski definition) is 2. The van der Waals surface area contributed by atoms with Crippen molar-refractivity contribution in [2.45, 2.75) is 12.6 Å². The van der Waals surface area contributed by atoms with Crippen LogP contribution in [0.3, 0.4) is 0 Å². The molecule has 0 saturated carbocycles. The fraction of sp³-hybridized carbons (Fsp3) is 0.320. The summed E-state index contributed by atoms with van der Waals surface area (Å²) in [6.07, 6.45) is 2.81. The number of carbonyl (C=O) groups excluding carboxylic acids is 1. The molecule has 2 aromatic carbocycles. The van der Waals surface area contributed by atoms with Gasteiger partial charge in [0.2, 0.25) is 5.88 Å². The van der Waals surface area contributed by atoms with Crippen molar-refractivity contribution >= 4 is 17.5 Å². The summed E-state index contributed by atoms with van der Waals surface area (Å²) in [7, 11) is 0. The van der Waals surface area contributed by atoms with Gasteiger partial charge in [-0.15, -0.1) is 0 Å². The van der Waals surface area contributed by atoms with E-state index in [-0.39, 0.29) is 17.4 Å². The van der Waals surface area contributed by atoms with Crippen LogP contribution in [0.2, 0.25) is 5.02 Å². The Bertz CT molecular complexity index is 1220. The maximum atomic E-state index is 14.4. The summed E-state index contributed by atoms with van der Waals surface area (Å²) in [5, 5.41) is 2.45. The van der Waals surface area contributed by atoms with E-state index in [2.05, 4.69) is 20.2 Å². The highest BCUT2D eigenvalue weighted by Gasteiger charge is 2.32. The molecular formula is C25H26ClF2N5O3. The van der Waals surface area contributed by atoms with E-state index >= 15 is 0 Å². The van der Waals surface area contributed by atoms with Crippen molar-refractivity contribution < 1.29 is 23.0 Å². The number of rotatable bonds is 8. The molecule has 1 aromatic heterocycles. The lowest BCUT2D eigenvalue weighted by Crippen LogP contribution is -2.41. The van der Waals surface area contributed by atoms with Gasteiger partial charge in [0.05, 0.1) is 41.9 Å². The zero-order valence-electron chi connectivity index (χ0n) is 19.6. The smallest absolute Gasteiger partial charge is 0.251 e. The highest BCUT2D eigenvalue weighted by atomic mass is 35.5. The number of nitrogens with one attached hydrogen (secondary N) is 1. The average molecular weight is 518 g/mol. The highest BCUT2D eigenvalue weighted by Crippen LogP contribution is 2.32. The Kier molecular flexibility index (Phi) is 8.10. The molecule has 2 heterocycles. The van der Waals surface area contributed by atoms with E-state index in [9.17, 15) is 13.6 Å². The number of benzene rings is 2. The predicted octanol–water partition coefficient (Wildman–Crippen LogP) is 3.35. The van der Waals surface area contributed by atoms with Crippen molar-refractivity contribution in [1.29, 1.82) is 0 Å². The molecule has 3 N–H and O–H groups in total. The van der Waals surface area contributed by atoms with Crippen molar-refractivity contribution in [3.63, 3.8) is 0 Å². The van der Waals surface area contributed by atoms with E-state index in [0.29, 0.717) is 36.6 Å². The SMILES string of the molecule is CC(N)(Oc1cncc(-c2ccc(C(=O)NCCN3CCOCC3)cc2)n1)c1c(F)ccc(F)c1Cl. The number of nitrogens with two attached hydrogens (primary N) is 1. The molecular weight excluding hydrogens is 492 g/mol. The number of nitrogens with zero attached hydrogens (tertiary/aromatic N) is 3. The Morgan fingerprint density at radius 2 is 1.86 bits per heavy atom. The lowest BCUT2D eigenvalue weighted by molar-refractivity contribution is 0.0383. The summed E-state index contributed by atoms with van der Waals surface area (Å²) in [4.78, 5) is 23.2. The van der Waals surface area contributed by atoms with Gasteiger partial charge in [-0.1, -0.05) is 23.7 Å². The maximum absolute atomic E-state index is 14.4. The minimum Gasteiger partial charge on any atom is -0.451 e. The number of morpholine rings is 1. The third-order valence-electron chi connectivity index (χ3n) is 5.73. The standard InChI is InChI=1S/C25H26ClF2N5O3/c1-25(29,22-18(27)6-7-19(28)23(22)26)36-21-15-30-14-20(32-21)16-2-4-17(5-3-16)24(34)31-8-9-33-10-12-35-13-11-33/h2-7,14-15H,8-13,29H2,1H3,(H,31,34). The van der Waals surface area contributed by atoms with Crippen LogP contribution in [0.5, 0.6) is 5.88 Å². The van der Waals surface area contributed by atoms with E-state index in [1.54, 1.807) is 24.3 Å². The minimum atomic E-state index is -1.82. The monoisotopic (exact) mass is 517 g/mol. The van der Waals surface area contributed by atoms with Crippen LogP contribution in [0.15, 0.2) is 48.8 Å². The Morgan fingerprint density at radius 3 is 2.58 bits per heavy atom. The lowest BCUT2D eigenvalue weighted by atomic mass is 10.0. The molecule has 4 rings (SSSR count). The quantitative estimate of drug-likeness (QED) is 0.349. The van der Waals surface area contributed by atoms with E-state index in [0.717, 1.165) is 31.8 Å². The first-order valence-electron chi connectivity index (χ1n) is 11.4. The topological polar surface area (TPSA) is 103 Å². The molecule has 1 aliphatic heterocycles. The van der Waals surface area contributed by atoms with Crippen LogP contribution in [-0.2, 0) is 10.5 Å². The molecule has 3 aromatic rings. The van der Waals surface area contributed by atoms with E-state index in [1.165, 1.54) is 19.3 Å². The zero-order valence-corrected chi connectivity index (χ0v) is 20.4. The molecule has 190 valence electrons. The van der Waals surface area contributed by atoms with Crippen LogP contribution in [0, 0.1) is 11.6 Å². The molecule has 0 bridgehead atoms. The van der Waals surface area contributed by atoms with Gasteiger partial charge in [0.25, 0.3) is 5.91 Å². The summed E-state index contributed by atoms with van der Waals surface area (Å²) in [6, 6.07) is 8.66. The number of aromatic nitrogens is 2. The molecule has 1 fully saturated rings. The molecule has 0 radical (unpaired) electrons. The second-order valence-electron chi connectivity index (χ2n) is 8.46. The molecule has 1 aliphatic rings. The van der Waals surface area contributed by atoms with Gasteiger partial charge >= 0.3 is 0 Å². The van der Waals surface area contributed by atoms with Gasteiger partial charge in [0, 0.05) is 37.3 Å². The number of amides is 1. The van der Waals surface area contributed by atoms with Gasteiger partial charge in [-0.2, -0.15) is 0 Å². The van der Waals surface area contributed by atoms with E-state index < -0.39 is 22.4 Å². The van der Waals surface area contributed by atoms with Gasteiger partial charge < -0.3 is 14.8 Å². The second-order valence-corrected chi connectivity index (χ2v) is 8.84. The largest absolute Gasteiger partial charge is 0.451 e. The molecule has 1 amide bonds. The first kappa shape index (κ1) is 25.9. The number of halogens is 3. The summed E-state index contributed by atoms with van der Waals surface area (Å²) in [5.74, 6) is -1.82.